The molecule has 0 unspecified atom stereocenters. The summed E-state index contributed by atoms with van der Waals surface area (Å²) in [5.41, 5.74) is 1.41. The molecular formula is C15H23NS. The number of hydrogen-bond acceptors (Lipinski definition) is 2. The molecule has 1 N–H and O–H groups in total. The molecule has 0 amide bonds. The van der Waals surface area contributed by atoms with Gasteiger partial charge in [0.15, 0.2) is 0 Å². The number of hydrogen-bond donors (Lipinski definition) is 1. The molecule has 0 heterocycles. The van der Waals surface area contributed by atoms with E-state index in [1.165, 1.54) is 36.1 Å². The van der Waals surface area contributed by atoms with Gasteiger partial charge in [0.05, 0.1) is 0 Å². The minimum Gasteiger partial charge on any atom is -0.310 e. The molecule has 0 radical (unpaired) electrons. The molecule has 1 saturated carbocycles. The van der Waals surface area contributed by atoms with Gasteiger partial charge in [0.25, 0.3) is 0 Å². The van der Waals surface area contributed by atoms with E-state index in [0.29, 0.717) is 5.25 Å². The molecule has 1 fully saturated rings. The predicted octanol–water partition coefficient (Wildman–Crippen LogP) is 4.22. The number of thioether (sulfide) groups is 1. The molecular weight excluding hydrogens is 226 g/mol. The largest absolute Gasteiger partial charge is 0.310 e. The van der Waals surface area contributed by atoms with Crippen molar-refractivity contribution in [2.75, 3.05) is 0 Å². The van der Waals surface area contributed by atoms with E-state index in [9.17, 15) is 0 Å². The van der Waals surface area contributed by atoms with E-state index in [0.717, 1.165) is 12.6 Å². The van der Waals surface area contributed by atoms with E-state index in [1.54, 1.807) is 0 Å². The van der Waals surface area contributed by atoms with Crippen LogP contribution in [0.25, 0.3) is 0 Å². The van der Waals surface area contributed by atoms with Crippen molar-refractivity contribution < 1.29 is 0 Å². The molecule has 2 rings (SSSR count). The summed E-state index contributed by atoms with van der Waals surface area (Å²) in [6, 6.07) is 9.77. The van der Waals surface area contributed by atoms with Crippen LogP contribution in [-0.4, -0.2) is 11.3 Å². The normalized spacial score (nSPS) is 16.9. The highest BCUT2D eigenvalue weighted by Crippen LogP contribution is 2.23. The van der Waals surface area contributed by atoms with Gasteiger partial charge in [-0.2, -0.15) is 0 Å². The van der Waals surface area contributed by atoms with Crippen molar-refractivity contribution in [1.82, 2.24) is 5.32 Å². The zero-order valence-corrected chi connectivity index (χ0v) is 11.7. The summed E-state index contributed by atoms with van der Waals surface area (Å²) in [6.07, 6.45) is 5.53. The summed E-state index contributed by atoms with van der Waals surface area (Å²) in [6.45, 7) is 5.50. The minimum absolute atomic E-state index is 0.664. The first-order chi connectivity index (χ1) is 8.24. The van der Waals surface area contributed by atoms with Crippen LogP contribution in [0.1, 0.15) is 45.1 Å². The van der Waals surface area contributed by atoms with Crippen molar-refractivity contribution in [3.8, 4) is 0 Å². The maximum Gasteiger partial charge on any atom is 0.0208 e. The van der Waals surface area contributed by atoms with Gasteiger partial charge in [0.1, 0.15) is 0 Å². The molecule has 0 spiro atoms. The lowest BCUT2D eigenvalue weighted by atomic mass is 10.2. The van der Waals surface area contributed by atoms with Crippen LogP contribution in [0.5, 0.6) is 0 Å². The Hall–Kier alpha value is -0.470. The minimum atomic E-state index is 0.664. The van der Waals surface area contributed by atoms with E-state index in [4.69, 9.17) is 0 Å². The maximum atomic E-state index is 3.65. The molecule has 0 aromatic heterocycles. The summed E-state index contributed by atoms with van der Waals surface area (Å²) in [7, 11) is 0. The lowest BCUT2D eigenvalue weighted by Crippen LogP contribution is -2.25. The van der Waals surface area contributed by atoms with E-state index in [1.807, 2.05) is 11.8 Å². The molecule has 1 aliphatic rings. The second-order valence-corrected chi connectivity index (χ2v) is 6.82. The molecule has 1 aromatic carbocycles. The SMILES string of the molecule is CC(C)Sc1ccc(CNC2CCCC2)cc1. The monoisotopic (exact) mass is 249 g/mol. The lowest BCUT2D eigenvalue weighted by molar-refractivity contribution is 0.524. The second kappa shape index (κ2) is 6.46. The second-order valence-electron chi connectivity index (χ2n) is 5.17. The fraction of sp³-hybridized carbons (Fsp3) is 0.600. The van der Waals surface area contributed by atoms with Gasteiger partial charge < -0.3 is 5.32 Å². The van der Waals surface area contributed by atoms with Gasteiger partial charge >= 0.3 is 0 Å². The van der Waals surface area contributed by atoms with Crippen LogP contribution in [0.3, 0.4) is 0 Å². The number of rotatable bonds is 5. The molecule has 1 aliphatic carbocycles. The van der Waals surface area contributed by atoms with Gasteiger partial charge in [0, 0.05) is 22.7 Å². The van der Waals surface area contributed by atoms with Crippen LogP contribution in [0.4, 0.5) is 0 Å². The van der Waals surface area contributed by atoms with Gasteiger partial charge in [-0.25, -0.2) is 0 Å². The Kier molecular flexibility index (Phi) is 4.93. The Balaban J connectivity index is 1.80. The fourth-order valence-electron chi connectivity index (χ4n) is 2.35. The Bertz CT molecular complexity index is 325. The van der Waals surface area contributed by atoms with Gasteiger partial charge in [-0.15, -0.1) is 11.8 Å². The summed E-state index contributed by atoms with van der Waals surface area (Å²) in [5, 5.41) is 4.32. The van der Waals surface area contributed by atoms with Crippen molar-refractivity contribution in [1.29, 1.82) is 0 Å². The van der Waals surface area contributed by atoms with Crippen LogP contribution in [0.2, 0.25) is 0 Å². The first-order valence-electron chi connectivity index (χ1n) is 6.73. The van der Waals surface area contributed by atoms with Crippen LogP contribution in [-0.2, 0) is 6.54 Å². The van der Waals surface area contributed by atoms with Gasteiger partial charge in [-0.3, -0.25) is 0 Å². The van der Waals surface area contributed by atoms with Crippen LogP contribution < -0.4 is 5.32 Å². The Labute approximate surface area is 109 Å². The highest BCUT2D eigenvalue weighted by Gasteiger charge is 2.13. The van der Waals surface area contributed by atoms with Gasteiger partial charge in [-0.1, -0.05) is 38.8 Å². The van der Waals surface area contributed by atoms with E-state index in [2.05, 4.69) is 43.4 Å². The smallest absolute Gasteiger partial charge is 0.0208 e. The first-order valence-corrected chi connectivity index (χ1v) is 7.61. The third kappa shape index (κ3) is 4.36. The van der Waals surface area contributed by atoms with E-state index < -0.39 is 0 Å². The van der Waals surface area contributed by atoms with Gasteiger partial charge in [-0.05, 0) is 30.5 Å². The topological polar surface area (TPSA) is 12.0 Å². The van der Waals surface area contributed by atoms with Crippen molar-refractivity contribution in [2.24, 2.45) is 0 Å². The standard InChI is InChI=1S/C15H23NS/c1-12(2)17-15-9-7-13(8-10-15)11-16-14-5-3-4-6-14/h7-10,12,14,16H,3-6,11H2,1-2H3. The number of benzene rings is 1. The summed E-state index contributed by atoms with van der Waals surface area (Å²) in [4.78, 5) is 1.38. The number of nitrogens with one attached hydrogen (secondary N) is 1. The van der Waals surface area contributed by atoms with Crippen LogP contribution in [0, 0.1) is 0 Å². The van der Waals surface area contributed by atoms with Crippen molar-refractivity contribution in [2.45, 2.75) is 62.3 Å². The average molecular weight is 249 g/mol. The van der Waals surface area contributed by atoms with E-state index in [-0.39, 0.29) is 0 Å². The summed E-state index contributed by atoms with van der Waals surface area (Å²) >= 11 is 1.93. The quantitative estimate of drug-likeness (QED) is 0.784. The molecule has 94 valence electrons. The van der Waals surface area contributed by atoms with Gasteiger partial charge in [0.2, 0.25) is 0 Å². The maximum absolute atomic E-state index is 3.65. The lowest BCUT2D eigenvalue weighted by Gasteiger charge is -2.12. The summed E-state index contributed by atoms with van der Waals surface area (Å²) < 4.78 is 0. The van der Waals surface area contributed by atoms with Crippen LogP contribution >= 0.6 is 11.8 Å². The zero-order chi connectivity index (χ0) is 12.1. The van der Waals surface area contributed by atoms with Crippen LogP contribution in [0.15, 0.2) is 29.2 Å². The molecule has 0 bridgehead atoms. The Morgan fingerprint density at radius 1 is 1.18 bits per heavy atom. The fourth-order valence-corrected chi connectivity index (χ4v) is 3.19. The predicted molar refractivity (Wildman–Crippen MR) is 76.5 cm³/mol. The molecule has 0 atom stereocenters. The highest BCUT2D eigenvalue weighted by molar-refractivity contribution is 7.99. The molecule has 17 heavy (non-hydrogen) atoms. The average Bonchev–Trinajstić information content (AvgIpc) is 2.80. The third-order valence-corrected chi connectivity index (χ3v) is 4.26. The Morgan fingerprint density at radius 2 is 1.82 bits per heavy atom. The van der Waals surface area contributed by atoms with Crippen molar-refractivity contribution in [3.05, 3.63) is 29.8 Å². The molecule has 1 aromatic rings. The van der Waals surface area contributed by atoms with E-state index >= 15 is 0 Å². The van der Waals surface area contributed by atoms with Crippen molar-refractivity contribution >= 4 is 11.8 Å². The molecule has 0 aliphatic heterocycles. The highest BCUT2D eigenvalue weighted by atomic mass is 32.2. The Morgan fingerprint density at radius 3 is 2.41 bits per heavy atom. The van der Waals surface area contributed by atoms with Crippen molar-refractivity contribution in [3.63, 3.8) is 0 Å². The zero-order valence-electron chi connectivity index (χ0n) is 10.9. The molecule has 2 heteroatoms. The summed E-state index contributed by atoms with van der Waals surface area (Å²) in [5.74, 6) is 0. The third-order valence-electron chi connectivity index (χ3n) is 3.25. The molecule has 1 nitrogen and oxygen atoms in total. The molecule has 0 saturated heterocycles. The first kappa shape index (κ1) is 13.0.